The zero-order chi connectivity index (χ0) is 14.8. The molecule has 0 spiro atoms. The fourth-order valence-corrected chi connectivity index (χ4v) is 1.70. The molecule has 4 heteroatoms. The third-order valence-corrected chi connectivity index (χ3v) is 2.63. The predicted octanol–water partition coefficient (Wildman–Crippen LogP) is 2.95. The lowest BCUT2D eigenvalue weighted by atomic mass is 10.1. The van der Waals surface area contributed by atoms with E-state index in [0.29, 0.717) is 13.2 Å². The molecule has 114 valence electrons. The van der Waals surface area contributed by atoms with Crippen molar-refractivity contribution in [3.63, 3.8) is 0 Å². The van der Waals surface area contributed by atoms with E-state index in [1.807, 2.05) is 38.1 Å². The van der Waals surface area contributed by atoms with Gasteiger partial charge in [0.1, 0.15) is 11.9 Å². The zero-order valence-corrected chi connectivity index (χ0v) is 12.7. The Hall–Kier alpha value is -1.10. The normalized spacial score (nSPS) is 12.7. The van der Waals surface area contributed by atoms with Crippen LogP contribution in [0.3, 0.4) is 0 Å². The van der Waals surface area contributed by atoms with Crippen LogP contribution in [0.1, 0.15) is 38.9 Å². The van der Waals surface area contributed by atoms with E-state index in [1.165, 1.54) is 0 Å². The van der Waals surface area contributed by atoms with E-state index in [4.69, 9.17) is 14.2 Å². The van der Waals surface area contributed by atoms with Gasteiger partial charge in [-0.25, -0.2) is 0 Å². The standard InChI is InChI=1S/C16H26O4/c1-4-9-18-10-11-19-12-16(17)14-5-7-15(8-6-14)20-13(2)3/h5-8,13,16-17H,4,9-12H2,1-3H3. The first-order valence-electron chi connectivity index (χ1n) is 7.23. The van der Waals surface area contributed by atoms with Crippen molar-refractivity contribution in [2.45, 2.75) is 39.4 Å². The second-order valence-corrected chi connectivity index (χ2v) is 4.94. The number of ether oxygens (including phenoxy) is 3. The average molecular weight is 282 g/mol. The minimum Gasteiger partial charge on any atom is -0.491 e. The maximum atomic E-state index is 9.99. The summed E-state index contributed by atoms with van der Waals surface area (Å²) in [4.78, 5) is 0. The van der Waals surface area contributed by atoms with Crippen LogP contribution in [0.25, 0.3) is 0 Å². The van der Waals surface area contributed by atoms with E-state index >= 15 is 0 Å². The first-order chi connectivity index (χ1) is 9.63. The molecule has 1 aromatic carbocycles. The highest BCUT2D eigenvalue weighted by Gasteiger charge is 2.08. The number of aliphatic hydroxyl groups excluding tert-OH is 1. The van der Waals surface area contributed by atoms with Crippen LogP contribution in [0.4, 0.5) is 0 Å². The Balaban J connectivity index is 2.27. The number of rotatable bonds is 10. The Kier molecular flexibility index (Phi) is 8.26. The van der Waals surface area contributed by atoms with Crippen LogP contribution in [0.2, 0.25) is 0 Å². The van der Waals surface area contributed by atoms with Gasteiger partial charge < -0.3 is 19.3 Å². The van der Waals surface area contributed by atoms with Gasteiger partial charge in [0.05, 0.1) is 25.9 Å². The number of benzene rings is 1. The predicted molar refractivity (Wildman–Crippen MR) is 79.1 cm³/mol. The highest BCUT2D eigenvalue weighted by atomic mass is 16.5. The van der Waals surface area contributed by atoms with Gasteiger partial charge in [-0.2, -0.15) is 0 Å². The molecule has 0 amide bonds. The molecule has 1 N–H and O–H groups in total. The number of aliphatic hydroxyl groups is 1. The molecule has 0 aliphatic carbocycles. The molecule has 1 unspecified atom stereocenters. The van der Waals surface area contributed by atoms with E-state index in [1.54, 1.807) is 0 Å². The van der Waals surface area contributed by atoms with Crippen molar-refractivity contribution in [1.29, 1.82) is 0 Å². The summed E-state index contributed by atoms with van der Waals surface area (Å²) in [6.45, 7) is 8.14. The summed E-state index contributed by atoms with van der Waals surface area (Å²) in [5, 5.41) is 9.99. The van der Waals surface area contributed by atoms with Gasteiger partial charge in [-0.05, 0) is 38.0 Å². The van der Waals surface area contributed by atoms with Gasteiger partial charge in [-0.15, -0.1) is 0 Å². The van der Waals surface area contributed by atoms with Gasteiger partial charge in [0, 0.05) is 6.61 Å². The quantitative estimate of drug-likeness (QED) is 0.670. The SMILES string of the molecule is CCCOCCOCC(O)c1ccc(OC(C)C)cc1. The van der Waals surface area contributed by atoms with Crippen molar-refractivity contribution in [3.8, 4) is 5.75 Å². The molecule has 0 aromatic heterocycles. The van der Waals surface area contributed by atoms with Crippen molar-refractivity contribution >= 4 is 0 Å². The van der Waals surface area contributed by atoms with E-state index in [-0.39, 0.29) is 12.7 Å². The van der Waals surface area contributed by atoms with Crippen LogP contribution in [0, 0.1) is 0 Å². The molecule has 1 rings (SSSR count). The van der Waals surface area contributed by atoms with E-state index in [2.05, 4.69) is 6.92 Å². The highest BCUT2D eigenvalue weighted by molar-refractivity contribution is 5.28. The van der Waals surface area contributed by atoms with Gasteiger partial charge >= 0.3 is 0 Å². The van der Waals surface area contributed by atoms with Crippen molar-refractivity contribution < 1.29 is 19.3 Å². The monoisotopic (exact) mass is 282 g/mol. The maximum absolute atomic E-state index is 9.99. The average Bonchev–Trinajstić information content (AvgIpc) is 2.42. The second-order valence-electron chi connectivity index (χ2n) is 4.94. The molecule has 20 heavy (non-hydrogen) atoms. The maximum Gasteiger partial charge on any atom is 0.119 e. The molecule has 0 heterocycles. The van der Waals surface area contributed by atoms with Gasteiger partial charge in [0.25, 0.3) is 0 Å². The van der Waals surface area contributed by atoms with Crippen LogP contribution in [0.5, 0.6) is 5.75 Å². The lowest BCUT2D eigenvalue weighted by Gasteiger charge is -2.14. The molecule has 0 aliphatic heterocycles. The Bertz CT molecular complexity index is 348. The van der Waals surface area contributed by atoms with Crippen molar-refractivity contribution in [3.05, 3.63) is 29.8 Å². The summed E-state index contributed by atoms with van der Waals surface area (Å²) in [7, 11) is 0. The second kappa shape index (κ2) is 9.75. The Morgan fingerprint density at radius 1 is 1.00 bits per heavy atom. The molecular weight excluding hydrogens is 256 g/mol. The fourth-order valence-electron chi connectivity index (χ4n) is 1.70. The smallest absolute Gasteiger partial charge is 0.119 e. The molecule has 0 saturated heterocycles. The Morgan fingerprint density at radius 3 is 2.25 bits per heavy atom. The molecule has 4 nitrogen and oxygen atoms in total. The first kappa shape index (κ1) is 17.0. The van der Waals surface area contributed by atoms with Gasteiger partial charge in [-0.1, -0.05) is 19.1 Å². The first-order valence-corrected chi connectivity index (χ1v) is 7.23. The number of hydrogen-bond acceptors (Lipinski definition) is 4. The van der Waals surface area contributed by atoms with Crippen LogP contribution < -0.4 is 4.74 Å². The van der Waals surface area contributed by atoms with Crippen molar-refractivity contribution in [2.24, 2.45) is 0 Å². The summed E-state index contributed by atoms with van der Waals surface area (Å²) in [5.41, 5.74) is 0.829. The van der Waals surface area contributed by atoms with Gasteiger partial charge in [-0.3, -0.25) is 0 Å². The number of hydrogen-bond donors (Lipinski definition) is 1. The molecule has 0 fully saturated rings. The van der Waals surface area contributed by atoms with E-state index in [0.717, 1.165) is 24.3 Å². The summed E-state index contributed by atoms with van der Waals surface area (Å²) in [6.07, 6.45) is 0.541. The summed E-state index contributed by atoms with van der Waals surface area (Å²) < 4.78 is 16.2. The van der Waals surface area contributed by atoms with Crippen LogP contribution in [-0.4, -0.2) is 37.6 Å². The molecule has 0 radical (unpaired) electrons. The van der Waals surface area contributed by atoms with Crippen LogP contribution in [-0.2, 0) is 9.47 Å². The van der Waals surface area contributed by atoms with Crippen LogP contribution in [0.15, 0.2) is 24.3 Å². The molecule has 0 aliphatic rings. The third kappa shape index (κ3) is 6.89. The summed E-state index contributed by atoms with van der Waals surface area (Å²) >= 11 is 0. The molecule has 1 aromatic rings. The molecule has 1 atom stereocenters. The van der Waals surface area contributed by atoms with Crippen molar-refractivity contribution in [1.82, 2.24) is 0 Å². The molecule has 0 saturated carbocycles. The Labute approximate surface area is 121 Å². The lowest BCUT2D eigenvalue weighted by molar-refractivity contribution is 0.00325. The van der Waals surface area contributed by atoms with Crippen LogP contribution >= 0.6 is 0 Å². The summed E-state index contributed by atoms with van der Waals surface area (Å²) in [6, 6.07) is 7.45. The van der Waals surface area contributed by atoms with E-state index < -0.39 is 6.10 Å². The fraction of sp³-hybridized carbons (Fsp3) is 0.625. The summed E-state index contributed by atoms with van der Waals surface area (Å²) in [5.74, 6) is 0.810. The minimum absolute atomic E-state index is 0.150. The van der Waals surface area contributed by atoms with Gasteiger partial charge in [0.15, 0.2) is 0 Å². The minimum atomic E-state index is -0.616. The van der Waals surface area contributed by atoms with Gasteiger partial charge in [0.2, 0.25) is 0 Å². The third-order valence-electron chi connectivity index (χ3n) is 2.63. The lowest BCUT2D eigenvalue weighted by Crippen LogP contribution is -2.11. The molecule has 0 bridgehead atoms. The Morgan fingerprint density at radius 2 is 1.65 bits per heavy atom. The highest BCUT2D eigenvalue weighted by Crippen LogP contribution is 2.18. The van der Waals surface area contributed by atoms with Crippen molar-refractivity contribution in [2.75, 3.05) is 26.4 Å². The van der Waals surface area contributed by atoms with E-state index in [9.17, 15) is 5.11 Å². The molecular formula is C16H26O4. The largest absolute Gasteiger partial charge is 0.491 e. The topological polar surface area (TPSA) is 47.9 Å². The zero-order valence-electron chi connectivity index (χ0n) is 12.7.